The molecule has 6 nitrogen and oxygen atoms in total. The van der Waals surface area contributed by atoms with Gasteiger partial charge in [0.05, 0.1) is 5.69 Å². The number of amides is 1. The van der Waals surface area contributed by atoms with Crippen molar-refractivity contribution in [1.82, 2.24) is 21.0 Å². The first kappa shape index (κ1) is 13.6. The number of aryl methyl sites for hydroxylation is 1. The fraction of sp³-hybridized carbons (Fsp3) is 0.333. The second-order valence-corrected chi connectivity index (χ2v) is 5.13. The van der Waals surface area contributed by atoms with E-state index in [9.17, 15) is 4.79 Å². The molecule has 1 aliphatic rings. The first-order chi connectivity index (χ1) is 10.3. The number of carbonyl (C=O) groups excluding carboxylic acids is 1. The maximum Gasteiger partial charge on any atom is 0.421 e. The van der Waals surface area contributed by atoms with E-state index in [1.165, 1.54) is 5.56 Å². The minimum atomic E-state index is -0.461. The Morgan fingerprint density at radius 1 is 1.38 bits per heavy atom. The molecule has 0 saturated carbocycles. The summed E-state index contributed by atoms with van der Waals surface area (Å²) in [5.41, 5.74) is 8.92. The Morgan fingerprint density at radius 3 is 3.10 bits per heavy atom. The Bertz CT molecular complexity index is 597. The molecule has 0 bridgehead atoms. The molecule has 0 radical (unpaired) electrons. The van der Waals surface area contributed by atoms with Crippen LogP contribution in [0.4, 0.5) is 4.79 Å². The van der Waals surface area contributed by atoms with E-state index in [1.807, 2.05) is 36.5 Å². The largest absolute Gasteiger partial charge is 0.444 e. The quantitative estimate of drug-likeness (QED) is 0.747. The number of aromatic amines is 1. The van der Waals surface area contributed by atoms with Gasteiger partial charge < -0.3 is 4.74 Å². The van der Waals surface area contributed by atoms with E-state index in [0.29, 0.717) is 0 Å². The lowest BCUT2D eigenvalue weighted by Gasteiger charge is -2.22. The maximum atomic E-state index is 11.6. The zero-order valence-electron chi connectivity index (χ0n) is 11.6. The number of carbonyl (C=O) groups is 1. The lowest BCUT2D eigenvalue weighted by Crippen LogP contribution is -2.46. The molecule has 0 fully saturated rings. The molecule has 2 aromatic rings. The number of nitrogens with zero attached hydrogens (tertiary/aromatic N) is 1. The lowest BCUT2D eigenvalue weighted by molar-refractivity contribution is 0.132. The minimum Gasteiger partial charge on any atom is -0.444 e. The zero-order chi connectivity index (χ0) is 14.5. The SMILES string of the molecule is O=C(NNC1CCc2n[nH]cc2C1)OCc1ccccc1. The summed E-state index contributed by atoms with van der Waals surface area (Å²) in [5, 5.41) is 7.06. The maximum absolute atomic E-state index is 11.6. The molecule has 21 heavy (non-hydrogen) atoms. The van der Waals surface area contributed by atoms with E-state index >= 15 is 0 Å². The van der Waals surface area contributed by atoms with Crippen LogP contribution < -0.4 is 10.9 Å². The molecule has 1 aromatic carbocycles. The zero-order valence-corrected chi connectivity index (χ0v) is 11.6. The summed E-state index contributed by atoms with van der Waals surface area (Å²) in [4.78, 5) is 11.6. The number of ether oxygens (including phenoxy) is 1. The van der Waals surface area contributed by atoms with Crippen molar-refractivity contribution in [3.05, 3.63) is 53.3 Å². The number of H-pyrrole nitrogens is 1. The Kier molecular flexibility index (Phi) is 4.16. The summed E-state index contributed by atoms with van der Waals surface area (Å²) in [5.74, 6) is 0. The Balaban J connectivity index is 1.40. The highest BCUT2D eigenvalue weighted by atomic mass is 16.6. The number of fused-ring (bicyclic) bond motifs is 1. The second kappa shape index (κ2) is 6.41. The van der Waals surface area contributed by atoms with Crippen LogP contribution in [0, 0.1) is 0 Å². The van der Waals surface area contributed by atoms with E-state index in [0.717, 1.165) is 30.5 Å². The molecule has 110 valence electrons. The van der Waals surface area contributed by atoms with Gasteiger partial charge in [0.1, 0.15) is 6.61 Å². The van der Waals surface area contributed by atoms with Gasteiger partial charge in [-0.15, -0.1) is 0 Å². The average Bonchev–Trinajstić information content (AvgIpc) is 2.99. The third-order valence-electron chi connectivity index (χ3n) is 3.60. The highest BCUT2D eigenvalue weighted by Crippen LogP contribution is 2.18. The fourth-order valence-corrected chi connectivity index (χ4v) is 2.46. The number of hydrogen-bond acceptors (Lipinski definition) is 4. The van der Waals surface area contributed by atoms with E-state index < -0.39 is 6.09 Å². The van der Waals surface area contributed by atoms with Crippen LogP contribution in [0.1, 0.15) is 23.2 Å². The smallest absolute Gasteiger partial charge is 0.421 e. The van der Waals surface area contributed by atoms with Crippen molar-refractivity contribution < 1.29 is 9.53 Å². The van der Waals surface area contributed by atoms with Crippen molar-refractivity contribution >= 4 is 6.09 Å². The Morgan fingerprint density at radius 2 is 2.24 bits per heavy atom. The van der Waals surface area contributed by atoms with E-state index in [4.69, 9.17) is 4.74 Å². The number of rotatable bonds is 4. The molecule has 0 saturated heterocycles. The van der Waals surface area contributed by atoms with Gasteiger partial charge in [-0.2, -0.15) is 5.10 Å². The highest BCUT2D eigenvalue weighted by molar-refractivity contribution is 5.66. The molecule has 1 aromatic heterocycles. The first-order valence-electron chi connectivity index (χ1n) is 7.05. The Hall–Kier alpha value is -2.34. The van der Waals surface area contributed by atoms with Gasteiger partial charge in [0.15, 0.2) is 0 Å². The summed E-state index contributed by atoms with van der Waals surface area (Å²) in [6, 6.07) is 9.81. The van der Waals surface area contributed by atoms with Crippen LogP contribution in [0.5, 0.6) is 0 Å². The third kappa shape index (κ3) is 3.61. The normalized spacial score (nSPS) is 17.0. The average molecular weight is 286 g/mol. The minimum absolute atomic E-state index is 0.208. The predicted molar refractivity (Wildman–Crippen MR) is 77.3 cm³/mol. The monoisotopic (exact) mass is 286 g/mol. The van der Waals surface area contributed by atoms with Crippen molar-refractivity contribution in [2.75, 3.05) is 0 Å². The van der Waals surface area contributed by atoms with Crippen LogP contribution in [-0.4, -0.2) is 22.3 Å². The van der Waals surface area contributed by atoms with Crippen molar-refractivity contribution in [1.29, 1.82) is 0 Å². The Labute approximate surface area is 122 Å². The molecule has 3 N–H and O–H groups in total. The highest BCUT2D eigenvalue weighted by Gasteiger charge is 2.20. The summed E-state index contributed by atoms with van der Waals surface area (Å²) < 4.78 is 5.14. The number of aromatic nitrogens is 2. The first-order valence-corrected chi connectivity index (χ1v) is 7.05. The molecule has 1 amide bonds. The van der Waals surface area contributed by atoms with E-state index in [2.05, 4.69) is 21.0 Å². The van der Waals surface area contributed by atoms with Crippen LogP contribution in [0.3, 0.4) is 0 Å². The van der Waals surface area contributed by atoms with Crippen molar-refractivity contribution in [3.63, 3.8) is 0 Å². The topological polar surface area (TPSA) is 79.0 Å². The molecule has 1 aliphatic carbocycles. The van der Waals surface area contributed by atoms with Gasteiger partial charge in [-0.1, -0.05) is 30.3 Å². The van der Waals surface area contributed by atoms with E-state index in [-0.39, 0.29) is 12.6 Å². The lowest BCUT2D eigenvalue weighted by atomic mass is 9.94. The van der Waals surface area contributed by atoms with Gasteiger partial charge in [0.2, 0.25) is 0 Å². The van der Waals surface area contributed by atoms with Gasteiger partial charge in [-0.05, 0) is 30.4 Å². The van der Waals surface area contributed by atoms with Crippen LogP contribution in [0.15, 0.2) is 36.5 Å². The molecular formula is C15H18N4O2. The van der Waals surface area contributed by atoms with Crippen LogP contribution in [0.2, 0.25) is 0 Å². The summed E-state index contributed by atoms with van der Waals surface area (Å²) >= 11 is 0. The van der Waals surface area contributed by atoms with Gasteiger partial charge in [-0.25, -0.2) is 10.2 Å². The van der Waals surface area contributed by atoms with Crippen molar-refractivity contribution in [2.24, 2.45) is 0 Å². The standard InChI is InChI=1S/C15H18N4O2/c20-15(21-10-11-4-2-1-3-5-11)19-17-13-6-7-14-12(8-13)9-16-18-14/h1-5,9,13,17H,6-8,10H2,(H,16,18)(H,19,20). The van der Waals surface area contributed by atoms with Crippen molar-refractivity contribution in [3.8, 4) is 0 Å². The molecule has 1 heterocycles. The predicted octanol–water partition coefficient (Wildman–Crippen LogP) is 1.70. The summed E-state index contributed by atoms with van der Waals surface area (Å²) in [7, 11) is 0. The fourth-order valence-electron chi connectivity index (χ4n) is 2.46. The summed E-state index contributed by atoms with van der Waals surface area (Å²) in [6.07, 6.45) is 4.16. The molecule has 1 atom stereocenters. The van der Waals surface area contributed by atoms with Crippen LogP contribution >= 0.6 is 0 Å². The molecule has 3 rings (SSSR count). The van der Waals surface area contributed by atoms with Crippen LogP contribution in [-0.2, 0) is 24.2 Å². The third-order valence-corrected chi connectivity index (χ3v) is 3.60. The summed E-state index contributed by atoms with van der Waals surface area (Å²) in [6.45, 7) is 0.269. The van der Waals surface area contributed by atoms with Gasteiger partial charge in [-0.3, -0.25) is 10.5 Å². The number of hydrazine groups is 1. The van der Waals surface area contributed by atoms with Crippen LogP contribution in [0.25, 0.3) is 0 Å². The molecule has 6 heteroatoms. The van der Waals surface area contributed by atoms with Gasteiger partial charge in [0, 0.05) is 12.2 Å². The molecule has 1 unspecified atom stereocenters. The molecule has 0 spiro atoms. The number of hydrogen-bond donors (Lipinski definition) is 3. The van der Waals surface area contributed by atoms with Gasteiger partial charge in [0.25, 0.3) is 0 Å². The molecule has 0 aliphatic heterocycles. The van der Waals surface area contributed by atoms with E-state index in [1.54, 1.807) is 0 Å². The van der Waals surface area contributed by atoms with Gasteiger partial charge >= 0.3 is 6.09 Å². The number of benzene rings is 1. The van der Waals surface area contributed by atoms with Crippen molar-refractivity contribution in [2.45, 2.75) is 31.9 Å². The number of nitrogens with one attached hydrogen (secondary N) is 3. The second-order valence-electron chi connectivity index (χ2n) is 5.13. The molecular weight excluding hydrogens is 268 g/mol.